The molecule has 5 nitrogen and oxygen atoms in total. The first-order valence-corrected chi connectivity index (χ1v) is 15.9. The summed E-state index contributed by atoms with van der Waals surface area (Å²) in [7, 11) is 0. The summed E-state index contributed by atoms with van der Waals surface area (Å²) in [5.74, 6) is 3.92. The molecule has 0 aliphatic heterocycles. The van der Waals surface area contributed by atoms with Gasteiger partial charge in [0.2, 0.25) is 0 Å². The zero-order valence-electron chi connectivity index (χ0n) is 25.7. The number of fused-ring (bicyclic) bond motifs is 2. The van der Waals surface area contributed by atoms with Crippen LogP contribution in [-0.2, 0) is 5.41 Å². The maximum Gasteiger partial charge on any atom is 0.164 e. The fraction of sp³-hybridized carbons (Fsp3) is 0.275. The number of nitriles is 2. The Morgan fingerprint density at radius 2 is 1.02 bits per heavy atom. The molecule has 0 unspecified atom stereocenters. The second kappa shape index (κ2) is 11.8. The summed E-state index contributed by atoms with van der Waals surface area (Å²) in [6, 6.07) is 36.6. The molecule has 220 valence electrons. The van der Waals surface area contributed by atoms with Crippen molar-refractivity contribution in [3.05, 3.63) is 114 Å². The molecule has 2 saturated carbocycles. The van der Waals surface area contributed by atoms with E-state index in [0.717, 1.165) is 40.0 Å². The molecule has 2 bridgehead atoms. The van der Waals surface area contributed by atoms with E-state index in [-0.39, 0.29) is 0 Å². The predicted octanol–water partition coefficient (Wildman–Crippen LogP) is 9.39. The van der Waals surface area contributed by atoms with Gasteiger partial charge in [-0.25, -0.2) is 15.0 Å². The van der Waals surface area contributed by atoms with Gasteiger partial charge >= 0.3 is 0 Å². The van der Waals surface area contributed by atoms with Crippen molar-refractivity contribution >= 4 is 0 Å². The Hall–Kier alpha value is -5.13. The molecule has 1 heterocycles. The molecule has 2 aliphatic carbocycles. The van der Waals surface area contributed by atoms with Crippen molar-refractivity contribution in [1.82, 2.24) is 15.0 Å². The second-order valence-corrected chi connectivity index (χ2v) is 13.3. The first-order valence-electron chi connectivity index (χ1n) is 15.9. The molecular formula is C40H35N5. The molecular weight excluding hydrogens is 550 g/mol. The highest BCUT2D eigenvalue weighted by molar-refractivity contribution is 5.73. The van der Waals surface area contributed by atoms with Crippen molar-refractivity contribution in [3.63, 3.8) is 0 Å². The number of aromatic nitrogens is 3. The highest BCUT2D eigenvalue weighted by Gasteiger charge is 2.45. The van der Waals surface area contributed by atoms with E-state index in [2.05, 4.69) is 62.4 Å². The highest BCUT2D eigenvalue weighted by atomic mass is 15.0. The summed E-state index contributed by atoms with van der Waals surface area (Å²) >= 11 is 0. The molecule has 7 rings (SSSR count). The van der Waals surface area contributed by atoms with E-state index in [1.54, 1.807) is 24.3 Å². The molecule has 2 atom stereocenters. The van der Waals surface area contributed by atoms with Gasteiger partial charge < -0.3 is 0 Å². The van der Waals surface area contributed by atoms with Gasteiger partial charge in [0.1, 0.15) is 0 Å². The zero-order chi connectivity index (χ0) is 31.0. The van der Waals surface area contributed by atoms with Crippen LogP contribution in [-0.4, -0.2) is 15.0 Å². The summed E-state index contributed by atoms with van der Waals surface area (Å²) in [6.45, 7) is 4.88. The molecule has 0 saturated heterocycles. The van der Waals surface area contributed by atoms with Gasteiger partial charge in [-0.2, -0.15) is 10.5 Å². The third kappa shape index (κ3) is 5.75. The van der Waals surface area contributed by atoms with Crippen molar-refractivity contribution in [2.45, 2.75) is 51.4 Å². The number of hydrogen-bond acceptors (Lipinski definition) is 5. The first kappa shape index (κ1) is 28.6. The Bertz CT molecular complexity index is 1870. The van der Waals surface area contributed by atoms with Crippen LogP contribution in [0.2, 0.25) is 0 Å². The van der Waals surface area contributed by atoms with Crippen LogP contribution in [0.4, 0.5) is 0 Å². The average Bonchev–Trinajstić information content (AvgIpc) is 3.07. The summed E-state index contributed by atoms with van der Waals surface area (Å²) < 4.78 is 0. The number of hydrogen-bond donors (Lipinski definition) is 0. The quantitative estimate of drug-likeness (QED) is 0.205. The average molecular weight is 586 g/mol. The zero-order valence-corrected chi connectivity index (χ0v) is 25.7. The fourth-order valence-electron chi connectivity index (χ4n) is 8.13. The van der Waals surface area contributed by atoms with Gasteiger partial charge in [0, 0.05) is 16.7 Å². The lowest BCUT2D eigenvalue weighted by atomic mass is 9.54. The standard InChI is InChI=1S/C40H35N5/c1-26-16-30-17-27(2)22-40(21-26,23-30)36-14-12-31(13-15-36)32-8-5-11-35(20-32)39-44-37(33-9-3-6-28(18-33)24-41)43-38(45-39)34-10-4-7-29(19-34)25-42/h3-15,18-20,26-27,30H,16-17,21-23H2,1-2H3/t26-,27-,30?,40?/m1/s1. The number of benzene rings is 4. The van der Waals surface area contributed by atoms with Crippen LogP contribution in [0, 0.1) is 40.4 Å². The van der Waals surface area contributed by atoms with E-state index in [9.17, 15) is 10.5 Å². The maximum absolute atomic E-state index is 9.49. The van der Waals surface area contributed by atoms with Crippen LogP contribution in [0.5, 0.6) is 0 Å². The number of rotatable bonds is 5. The minimum Gasteiger partial charge on any atom is -0.208 e. The van der Waals surface area contributed by atoms with E-state index in [0.29, 0.717) is 34.0 Å². The van der Waals surface area contributed by atoms with E-state index in [1.165, 1.54) is 43.2 Å². The van der Waals surface area contributed by atoms with Gasteiger partial charge in [-0.3, -0.25) is 0 Å². The topological polar surface area (TPSA) is 86.2 Å². The fourth-order valence-corrected chi connectivity index (χ4v) is 8.13. The maximum atomic E-state index is 9.49. The Kier molecular flexibility index (Phi) is 7.48. The van der Waals surface area contributed by atoms with E-state index in [4.69, 9.17) is 15.0 Å². The van der Waals surface area contributed by atoms with Crippen LogP contribution < -0.4 is 0 Å². The molecule has 2 aliphatic rings. The molecule has 4 aromatic carbocycles. The third-order valence-electron chi connectivity index (χ3n) is 9.72. The van der Waals surface area contributed by atoms with Gasteiger partial charge in [-0.1, -0.05) is 80.6 Å². The van der Waals surface area contributed by atoms with Gasteiger partial charge in [-0.05, 0) is 102 Å². The lowest BCUT2D eigenvalue weighted by Crippen LogP contribution is -2.42. The van der Waals surface area contributed by atoms with E-state index < -0.39 is 0 Å². The SMILES string of the molecule is C[C@@H]1CC2C[C@@H](C)CC(c3ccc(-c4cccc(-c5nc(-c6cccc(C#N)c6)nc(-c6cccc(C#N)c6)n5)c4)cc3)(C2)C1. The summed E-state index contributed by atoms with van der Waals surface area (Å²) in [5, 5.41) is 19.0. The van der Waals surface area contributed by atoms with Gasteiger partial charge in [0.05, 0.1) is 23.3 Å². The molecule has 1 aromatic heterocycles. The Morgan fingerprint density at radius 1 is 0.556 bits per heavy atom. The summed E-state index contributed by atoms with van der Waals surface area (Å²) in [5.41, 5.74) is 7.49. The van der Waals surface area contributed by atoms with E-state index >= 15 is 0 Å². The molecule has 0 radical (unpaired) electrons. The van der Waals surface area contributed by atoms with Crippen LogP contribution in [0.25, 0.3) is 45.3 Å². The first-order chi connectivity index (χ1) is 21.9. The molecule has 5 heteroatoms. The minimum absolute atomic E-state index is 0.309. The second-order valence-electron chi connectivity index (χ2n) is 13.3. The molecule has 0 spiro atoms. The van der Waals surface area contributed by atoms with Gasteiger partial charge in [0.25, 0.3) is 0 Å². The summed E-state index contributed by atoms with van der Waals surface area (Å²) in [4.78, 5) is 14.5. The summed E-state index contributed by atoms with van der Waals surface area (Å²) in [6.07, 6.45) is 6.67. The van der Waals surface area contributed by atoms with Crippen molar-refractivity contribution < 1.29 is 0 Å². The van der Waals surface area contributed by atoms with Crippen LogP contribution in [0.3, 0.4) is 0 Å². The minimum atomic E-state index is 0.309. The normalized spacial score (nSPS) is 22.3. The van der Waals surface area contributed by atoms with Crippen LogP contribution in [0.15, 0.2) is 97.1 Å². The monoisotopic (exact) mass is 585 g/mol. The Balaban J connectivity index is 1.27. The van der Waals surface area contributed by atoms with Crippen LogP contribution in [0.1, 0.15) is 62.6 Å². The lowest BCUT2D eigenvalue weighted by molar-refractivity contribution is 0.0780. The van der Waals surface area contributed by atoms with E-state index in [1.807, 2.05) is 36.4 Å². The molecule has 5 aromatic rings. The molecule has 2 fully saturated rings. The van der Waals surface area contributed by atoms with Crippen molar-refractivity contribution in [2.24, 2.45) is 17.8 Å². The van der Waals surface area contributed by atoms with Crippen molar-refractivity contribution in [3.8, 4) is 57.4 Å². The highest BCUT2D eigenvalue weighted by Crippen LogP contribution is 2.54. The molecule has 0 amide bonds. The van der Waals surface area contributed by atoms with Crippen LogP contribution >= 0.6 is 0 Å². The molecule has 0 N–H and O–H groups in total. The van der Waals surface area contributed by atoms with Gasteiger partial charge in [-0.15, -0.1) is 0 Å². The Morgan fingerprint density at radius 3 is 1.53 bits per heavy atom. The largest absolute Gasteiger partial charge is 0.208 e. The third-order valence-corrected chi connectivity index (χ3v) is 9.72. The number of nitrogens with zero attached hydrogens (tertiary/aromatic N) is 5. The van der Waals surface area contributed by atoms with Gasteiger partial charge in [0.15, 0.2) is 17.5 Å². The van der Waals surface area contributed by atoms with Crippen molar-refractivity contribution in [2.75, 3.05) is 0 Å². The lowest BCUT2D eigenvalue weighted by Gasteiger charge is -2.50. The smallest absolute Gasteiger partial charge is 0.164 e. The van der Waals surface area contributed by atoms with Crippen molar-refractivity contribution in [1.29, 1.82) is 10.5 Å². The Labute approximate surface area is 265 Å². The predicted molar refractivity (Wildman–Crippen MR) is 178 cm³/mol. The molecule has 45 heavy (non-hydrogen) atoms.